The van der Waals surface area contributed by atoms with Crippen LogP contribution in [-0.4, -0.2) is 36.6 Å². The first-order chi connectivity index (χ1) is 18.7. The Kier molecular flexibility index (Phi) is 7.39. The third-order valence-electron chi connectivity index (χ3n) is 6.89. The second-order valence-electron chi connectivity index (χ2n) is 11.0. The molecule has 3 aromatic carbocycles. The summed E-state index contributed by atoms with van der Waals surface area (Å²) in [5.41, 5.74) is 3.91. The highest BCUT2D eigenvalue weighted by Crippen LogP contribution is 2.31. The van der Waals surface area contributed by atoms with E-state index in [0.29, 0.717) is 24.5 Å². The summed E-state index contributed by atoms with van der Waals surface area (Å²) in [6.45, 7) is 9.19. The van der Waals surface area contributed by atoms with Gasteiger partial charge in [-0.15, -0.1) is 5.10 Å². The zero-order valence-corrected chi connectivity index (χ0v) is 22.7. The molecule has 2 aromatic heterocycles. The molecule has 0 amide bonds. The highest BCUT2D eigenvalue weighted by atomic mass is 19.1. The summed E-state index contributed by atoms with van der Waals surface area (Å²) in [5.74, 6) is 0.290. The molecule has 0 aliphatic rings. The van der Waals surface area contributed by atoms with E-state index in [1.54, 1.807) is 16.8 Å². The van der Waals surface area contributed by atoms with E-state index in [4.69, 9.17) is 0 Å². The summed E-state index contributed by atoms with van der Waals surface area (Å²) in [6.07, 6.45) is 0.750. The van der Waals surface area contributed by atoms with Gasteiger partial charge in [-0.05, 0) is 90.9 Å². The maximum atomic E-state index is 13.8. The van der Waals surface area contributed by atoms with Gasteiger partial charge in [-0.25, -0.2) is 9.07 Å². The summed E-state index contributed by atoms with van der Waals surface area (Å²) < 4.78 is 15.6. The summed E-state index contributed by atoms with van der Waals surface area (Å²) in [6, 6.07) is 24.1. The van der Waals surface area contributed by atoms with Gasteiger partial charge < -0.3 is 4.98 Å². The van der Waals surface area contributed by atoms with Crippen LogP contribution in [0.2, 0.25) is 0 Å². The number of tetrazole rings is 1. The van der Waals surface area contributed by atoms with E-state index in [-0.39, 0.29) is 11.4 Å². The Morgan fingerprint density at radius 2 is 1.72 bits per heavy atom. The third kappa shape index (κ3) is 5.96. The zero-order chi connectivity index (χ0) is 27.6. The molecule has 39 heavy (non-hydrogen) atoms. The van der Waals surface area contributed by atoms with Gasteiger partial charge in [0.2, 0.25) is 0 Å². The van der Waals surface area contributed by atoms with Gasteiger partial charge in [-0.2, -0.15) is 0 Å². The van der Waals surface area contributed by atoms with Crippen LogP contribution in [0.1, 0.15) is 54.9 Å². The number of H-pyrrole nitrogens is 1. The number of aryl methyl sites for hydroxylation is 1. The summed E-state index contributed by atoms with van der Waals surface area (Å²) in [4.78, 5) is 19.0. The highest BCUT2D eigenvalue weighted by molar-refractivity contribution is 5.79. The maximum absolute atomic E-state index is 13.8. The molecule has 5 rings (SSSR count). The van der Waals surface area contributed by atoms with Crippen LogP contribution in [0, 0.1) is 12.7 Å². The molecule has 0 aliphatic heterocycles. The topological polar surface area (TPSA) is 79.7 Å². The van der Waals surface area contributed by atoms with Crippen LogP contribution in [0.5, 0.6) is 0 Å². The lowest BCUT2D eigenvalue weighted by Gasteiger charge is -2.33. The van der Waals surface area contributed by atoms with E-state index >= 15 is 0 Å². The minimum absolute atomic E-state index is 0.189. The lowest BCUT2D eigenvalue weighted by atomic mass is 9.99. The number of nitrogens with one attached hydrogen (secondary N) is 1. The monoisotopic (exact) mass is 524 g/mol. The minimum Gasteiger partial charge on any atom is -0.322 e. The van der Waals surface area contributed by atoms with Crippen LogP contribution in [0.25, 0.3) is 10.9 Å². The highest BCUT2D eigenvalue weighted by Gasteiger charge is 2.33. The Morgan fingerprint density at radius 3 is 2.44 bits per heavy atom. The molecule has 8 heteroatoms. The molecule has 200 valence electrons. The van der Waals surface area contributed by atoms with Gasteiger partial charge in [0.15, 0.2) is 5.82 Å². The van der Waals surface area contributed by atoms with Crippen molar-refractivity contribution in [2.75, 3.05) is 6.54 Å². The second-order valence-corrected chi connectivity index (χ2v) is 11.0. The van der Waals surface area contributed by atoms with Crippen LogP contribution in [0.4, 0.5) is 4.39 Å². The first kappa shape index (κ1) is 26.4. The SMILES string of the molecule is Cc1ccc2cc([C@@H](c3nnnn3C(C)(C)C)N(CCc3ccccc3)Cc3ccc(F)cc3)c(=O)[nH]c2c1. The molecular weight excluding hydrogens is 491 g/mol. The van der Waals surface area contributed by atoms with E-state index in [1.165, 1.54) is 17.7 Å². The Morgan fingerprint density at radius 1 is 0.974 bits per heavy atom. The largest absolute Gasteiger partial charge is 0.322 e. The van der Waals surface area contributed by atoms with Crippen molar-refractivity contribution < 1.29 is 4.39 Å². The van der Waals surface area contributed by atoms with Crippen molar-refractivity contribution in [3.05, 3.63) is 123 Å². The smallest absolute Gasteiger partial charge is 0.253 e. The van der Waals surface area contributed by atoms with Gasteiger partial charge in [0.1, 0.15) is 11.9 Å². The number of nitrogens with zero attached hydrogens (tertiary/aromatic N) is 5. The van der Waals surface area contributed by atoms with Crippen molar-refractivity contribution in [2.24, 2.45) is 0 Å². The van der Waals surface area contributed by atoms with Crippen LogP contribution >= 0.6 is 0 Å². The van der Waals surface area contributed by atoms with E-state index in [0.717, 1.165) is 28.5 Å². The molecule has 5 aromatic rings. The lowest BCUT2D eigenvalue weighted by molar-refractivity contribution is 0.195. The van der Waals surface area contributed by atoms with Crippen LogP contribution in [0.3, 0.4) is 0 Å². The molecule has 0 saturated heterocycles. The number of benzene rings is 3. The molecule has 7 nitrogen and oxygen atoms in total. The van der Waals surface area contributed by atoms with Gasteiger partial charge in [0.05, 0.1) is 5.54 Å². The molecule has 1 N–H and O–H groups in total. The molecule has 0 aliphatic carbocycles. The Balaban J connectivity index is 1.68. The Bertz CT molecular complexity index is 1620. The van der Waals surface area contributed by atoms with Crippen molar-refractivity contribution in [3.8, 4) is 0 Å². The average Bonchev–Trinajstić information content (AvgIpc) is 3.40. The van der Waals surface area contributed by atoms with Crippen LogP contribution in [-0.2, 0) is 18.5 Å². The minimum atomic E-state index is -0.553. The van der Waals surface area contributed by atoms with E-state index in [9.17, 15) is 9.18 Å². The van der Waals surface area contributed by atoms with E-state index in [1.807, 2.05) is 70.2 Å². The third-order valence-corrected chi connectivity index (χ3v) is 6.89. The number of aromatic amines is 1. The number of halogens is 1. The van der Waals surface area contributed by atoms with Crippen molar-refractivity contribution in [1.29, 1.82) is 0 Å². The number of hydrogen-bond donors (Lipinski definition) is 1. The number of hydrogen-bond acceptors (Lipinski definition) is 5. The number of fused-ring (bicyclic) bond motifs is 1. The standard InChI is InChI=1S/C31H33FN6O/c1-21-10-13-24-19-26(30(39)33-27(24)18-21)28(29-34-35-36-38(29)31(2,3)4)37(17-16-22-8-6-5-7-9-22)20-23-11-14-25(32)15-12-23/h5-15,18-19,28H,16-17,20H2,1-4H3,(H,33,39)/t28-/m0/s1. The first-order valence-corrected chi connectivity index (χ1v) is 13.1. The molecule has 2 heterocycles. The normalized spacial score (nSPS) is 12.8. The van der Waals surface area contributed by atoms with Crippen LogP contribution < -0.4 is 5.56 Å². The van der Waals surface area contributed by atoms with Crippen molar-refractivity contribution in [2.45, 2.75) is 52.2 Å². The molecular formula is C31H33FN6O. The average molecular weight is 525 g/mol. The molecule has 1 atom stereocenters. The maximum Gasteiger partial charge on any atom is 0.253 e. The van der Waals surface area contributed by atoms with Crippen LogP contribution in [0.15, 0.2) is 83.7 Å². The van der Waals surface area contributed by atoms with Gasteiger partial charge in [0.25, 0.3) is 5.56 Å². The predicted molar refractivity (Wildman–Crippen MR) is 151 cm³/mol. The van der Waals surface area contributed by atoms with E-state index < -0.39 is 11.6 Å². The molecule has 0 saturated carbocycles. The molecule has 0 radical (unpaired) electrons. The molecule has 0 unspecified atom stereocenters. The number of pyridine rings is 1. The van der Waals surface area contributed by atoms with Crippen molar-refractivity contribution in [3.63, 3.8) is 0 Å². The number of aromatic nitrogens is 5. The van der Waals surface area contributed by atoms with Gasteiger partial charge in [-0.3, -0.25) is 9.69 Å². The summed E-state index contributed by atoms with van der Waals surface area (Å²) >= 11 is 0. The molecule has 0 bridgehead atoms. The summed E-state index contributed by atoms with van der Waals surface area (Å²) in [5, 5.41) is 13.8. The fourth-order valence-corrected chi connectivity index (χ4v) is 4.92. The lowest BCUT2D eigenvalue weighted by Crippen LogP contribution is -2.38. The van der Waals surface area contributed by atoms with E-state index in [2.05, 4.69) is 37.5 Å². The van der Waals surface area contributed by atoms with Gasteiger partial charge in [-0.1, -0.05) is 54.6 Å². The number of rotatable bonds is 8. The predicted octanol–water partition coefficient (Wildman–Crippen LogP) is 5.55. The Labute approximate surface area is 227 Å². The fourth-order valence-electron chi connectivity index (χ4n) is 4.92. The second kappa shape index (κ2) is 10.9. The Hall–Kier alpha value is -4.17. The summed E-state index contributed by atoms with van der Waals surface area (Å²) in [7, 11) is 0. The van der Waals surface area contributed by atoms with Gasteiger partial charge >= 0.3 is 0 Å². The zero-order valence-electron chi connectivity index (χ0n) is 22.7. The fraction of sp³-hybridized carbons (Fsp3) is 0.290. The van der Waals surface area contributed by atoms with Gasteiger partial charge in [0, 0.05) is 24.2 Å². The molecule has 0 spiro atoms. The first-order valence-electron chi connectivity index (χ1n) is 13.1. The van der Waals surface area contributed by atoms with Crippen molar-refractivity contribution in [1.82, 2.24) is 30.1 Å². The molecule has 0 fully saturated rings. The quantitative estimate of drug-likeness (QED) is 0.288. The van der Waals surface area contributed by atoms with Crippen molar-refractivity contribution >= 4 is 10.9 Å².